The van der Waals surface area contributed by atoms with E-state index < -0.39 is 0 Å². The summed E-state index contributed by atoms with van der Waals surface area (Å²) in [6, 6.07) is 12.5. The molecule has 0 radical (unpaired) electrons. The van der Waals surface area contributed by atoms with E-state index in [1.807, 2.05) is 19.1 Å². The van der Waals surface area contributed by atoms with Gasteiger partial charge in [-0.15, -0.1) is 0 Å². The van der Waals surface area contributed by atoms with Crippen LogP contribution in [0, 0.1) is 0 Å². The number of benzene rings is 1. The topological polar surface area (TPSA) is 54.4 Å². The Labute approximate surface area is 122 Å². The lowest BCUT2D eigenvalue weighted by molar-refractivity contribution is 0.0950. The molecule has 0 atom stereocenters. The minimum Gasteiger partial charge on any atom is -0.266 e. The number of carbonyl (C=O) groups is 1. The molecular weight excluding hydrogens is 274 g/mol. The summed E-state index contributed by atoms with van der Waals surface area (Å²) in [7, 11) is 0. The minimum absolute atomic E-state index is 0.328. The zero-order chi connectivity index (χ0) is 14.4. The van der Waals surface area contributed by atoms with Crippen LogP contribution in [0.2, 0.25) is 5.02 Å². The largest absolute Gasteiger partial charge is 0.289 e. The van der Waals surface area contributed by atoms with Crippen LogP contribution in [0.15, 0.2) is 53.8 Å². The molecule has 5 heteroatoms. The summed E-state index contributed by atoms with van der Waals surface area (Å²) in [6.07, 6.45) is 2.27. The van der Waals surface area contributed by atoms with Gasteiger partial charge in [-0.3, -0.25) is 9.78 Å². The fraction of sp³-hybridized carbons (Fsp3) is 0.133. The van der Waals surface area contributed by atoms with Gasteiger partial charge < -0.3 is 0 Å². The maximum Gasteiger partial charge on any atom is 0.289 e. The highest BCUT2D eigenvalue weighted by Crippen LogP contribution is 2.11. The van der Waals surface area contributed by atoms with Gasteiger partial charge in [0.2, 0.25) is 0 Å². The third-order valence-corrected chi connectivity index (χ3v) is 2.95. The lowest BCUT2D eigenvalue weighted by Gasteiger charge is -2.05. The molecule has 0 aliphatic rings. The van der Waals surface area contributed by atoms with Crippen molar-refractivity contribution in [3.05, 3.63) is 64.9 Å². The van der Waals surface area contributed by atoms with Crippen molar-refractivity contribution in [2.75, 3.05) is 0 Å². The highest BCUT2D eigenvalue weighted by Gasteiger charge is 2.06. The van der Waals surface area contributed by atoms with E-state index in [2.05, 4.69) is 15.5 Å². The summed E-state index contributed by atoms with van der Waals surface area (Å²) in [5.74, 6) is -0.328. The molecule has 20 heavy (non-hydrogen) atoms. The van der Waals surface area contributed by atoms with Crippen LogP contribution in [0.25, 0.3) is 0 Å². The number of hydrazone groups is 1. The first-order valence-electron chi connectivity index (χ1n) is 6.24. The molecule has 4 nitrogen and oxygen atoms in total. The first-order valence-corrected chi connectivity index (χ1v) is 6.62. The van der Waals surface area contributed by atoms with Gasteiger partial charge in [0.05, 0.1) is 5.71 Å². The summed E-state index contributed by atoms with van der Waals surface area (Å²) in [5, 5.41) is 4.82. The molecule has 0 aliphatic heterocycles. The molecule has 0 bridgehead atoms. The normalized spacial score (nSPS) is 11.2. The Balaban J connectivity index is 2.12. The predicted molar refractivity (Wildman–Crippen MR) is 80.0 cm³/mol. The molecule has 2 rings (SSSR count). The summed E-state index contributed by atoms with van der Waals surface area (Å²) in [6.45, 7) is 1.97. The molecule has 0 aliphatic carbocycles. The number of rotatable bonds is 4. The number of carbonyl (C=O) groups excluding carboxylic acids is 1. The van der Waals surface area contributed by atoms with Crippen LogP contribution in [-0.2, 0) is 0 Å². The van der Waals surface area contributed by atoms with Crippen molar-refractivity contribution >= 4 is 23.2 Å². The zero-order valence-corrected chi connectivity index (χ0v) is 11.8. The number of amides is 1. The maximum absolute atomic E-state index is 11.8. The van der Waals surface area contributed by atoms with Crippen LogP contribution in [0.4, 0.5) is 0 Å². The van der Waals surface area contributed by atoms with Gasteiger partial charge in [-0.1, -0.05) is 36.7 Å². The average Bonchev–Trinajstić information content (AvgIpc) is 2.50. The molecule has 0 saturated carbocycles. The van der Waals surface area contributed by atoms with E-state index in [-0.39, 0.29) is 5.91 Å². The summed E-state index contributed by atoms with van der Waals surface area (Å²) >= 11 is 5.85. The van der Waals surface area contributed by atoms with E-state index in [9.17, 15) is 4.79 Å². The molecule has 1 amide bonds. The molecule has 1 N–H and O–H groups in total. The van der Waals surface area contributed by atoms with E-state index in [1.165, 1.54) is 0 Å². The lowest BCUT2D eigenvalue weighted by Crippen LogP contribution is -2.20. The zero-order valence-electron chi connectivity index (χ0n) is 11.0. The van der Waals surface area contributed by atoms with Gasteiger partial charge in [0.15, 0.2) is 0 Å². The number of aromatic nitrogens is 1. The lowest BCUT2D eigenvalue weighted by atomic mass is 10.1. The third kappa shape index (κ3) is 3.65. The summed E-state index contributed by atoms with van der Waals surface area (Å²) in [4.78, 5) is 15.8. The number of nitrogens with zero attached hydrogens (tertiary/aromatic N) is 2. The summed E-state index contributed by atoms with van der Waals surface area (Å²) in [5.41, 5.74) is 4.56. The summed E-state index contributed by atoms with van der Waals surface area (Å²) < 4.78 is 0. The van der Waals surface area contributed by atoms with Crippen molar-refractivity contribution in [3.8, 4) is 0 Å². The minimum atomic E-state index is -0.328. The number of pyridine rings is 1. The van der Waals surface area contributed by atoms with Gasteiger partial charge in [-0.2, -0.15) is 5.10 Å². The van der Waals surface area contributed by atoms with Crippen molar-refractivity contribution in [1.82, 2.24) is 10.4 Å². The third-order valence-electron chi connectivity index (χ3n) is 2.70. The Bertz CT molecular complexity index is 609. The van der Waals surface area contributed by atoms with E-state index in [0.29, 0.717) is 17.1 Å². The predicted octanol–water partition coefficient (Wildman–Crippen LogP) is 3.28. The van der Waals surface area contributed by atoms with Crippen molar-refractivity contribution < 1.29 is 4.79 Å². The van der Waals surface area contributed by atoms with E-state index >= 15 is 0 Å². The highest BCUT2D eigenvalue weighted by atomic mass is 35.5. The molecule has 102 valence electrons. The van der Waals surface area contributed by atoms with E-state index in [4.69, 9.17) is 11.6 Å². The second-order valence-electron chi connectivity index (χ2n) is 4.07. The molecular formula is C15H14ClN3O. The Hall–Kier alpha value is -2.20. The SMILES string of the molecule is CCC(=NNC(=O)c1ccccn1)c1ccc(Cl)cc1. The van der Waals surface area contributed by atoms with E-state index in [1.54, 1.807) is 36.5 Å². The van der Waals surface area contributed by atoms with E-state index in [0.717, 1.165) is 11.3 Å². The number of hydrogen-bond donors (Lipinski definition) is 1. The van der Waals surface area contributed by atoms with Gasteiger partial charge in [-0.05, 0) is 36.2 Å². The first-order chi connectivity index (χ1) is 9.70. The fourth-order valence-electron chi connectivity index (χ4n) is 1.66. The van der Waals surface area contributed by atoms with Crippen molar-refractivity contribution in [2.24, 2.45) is 5.10 Å². The van der Waals surface area contributed by atoms with Gasteiger partial charge >= 0.3 is 0 Å². The first kappa shape index (κ1) is 14.2. The van der Waals surface area contributed by atoms with Crippen LogP contribution < -0.4 is 5.43 Å². The smallest absolute Gasteiger partial charge is 0.266 e. The standard InChI is InChI=1S/C15H14ClN3O/c1-2-13(11-6-8-12(16)9-7-11)18-19-15(20)14-5-3-4-10-17-14/h3-10H,2H2,1H3,(H,19,20). The Morgan fingerprint density at radius 3 is 2.60 bits per heavy atom. The molecule has 0 fully saturated rings. The Morgan fingerprint density at radius 2 is 2.00 bits per heavy atom. The number of halogens is 1. The molecule has 1 aromatic heterocycles. The quantitative estimate of drug-likeness (QED) is 0.693. The molecule has 0 saturated heterocycles. The average molecular weight is 288 g/mol. The van der Waals surface area contributed by atoms with Gasteiger partial charge in [0, 0.05) is 11.2 Å². The Morgan fingerprint density at radius 1 is 1.25 bits per heavy atom. The van der Waals surface area contributed by atoms with Gasteiger partial charge in [0.25, 0.3) is 5.91 Å². The van der Waals surface area contributed by atoms with Crippen molar-refractivity contribution in [3.63, 3.8) is 0 Å². The van der Waals surface area contributed by atoms with Gasteiger partial charge in [0.1, 0.15) is 5.69 Å². The van der Waals surface area contributed by atoms with Crippen LogP contribution in [0.3, 0.4) is 0 Å². The maximum atomic E-state index is 11.8. The number of nitrogens with one attached hydrogen (secondary N) is 1. The molecule has 1 heterocycles. The molecule has 0 spiro atoms. The molecule has 0 unspecified atom stereocenters. The van der Waals surface area contributed by atoms with Crippen molar-refractivity contribution in [2.45, 2.75) is 13.3 Å². The van der Waals surface area contributed by atoms with Gasteiger partial charge in [-0.25, -0.2) is 5.43 Å². The highest BCUT2D eigenvalue weighted by molar-refractivity contribution is 6.30. The van der Waals surface area contributed by atoms with Crippen LogP contribution in [0.1, 0.15) is 29.4 Å². The fourth-order valence-corrected chi connectivity index (χ4v) is 1.79. The molecule has 1 aromatic carbocycles. The molecule has 2 aromatic rings. The van der Waals surface area contributed by atoms with Crippen LogP contribution in [-0.4, -0.2) is 16.6 Å². The monoisotopic (exact) mass is 287 g/mol. The van der Waals surface area contributed by atoms with Crippen molar-refractivity contribution in [1.29, 1.82) is 0 Å². The van der Waals surface area contributed by atoms with Crippen LogP contribution in [0.5, 0.6) is 0 Å². The number of hydrogen-bond acceptors (Lipinski definition) is 3. The Kier molecular flexibility index (Phi) is 4.85. The second kappa shape index (κ2) is 6.82. The van der Waals surface area contributed by atoms with Crippen LogP contribution >= 0.6 is 11.6 Å². The second-order valence-corrected chi connectivity index (χ2v) is 4.51.